The van der Waals surface area contributed by atoms with Crippen LogP contribution in [0.1, 0.15) is 6.92 Å². The standard InChI is InChI=1S/C10H12N2O5S/c1-7(13)17-6-10(14)12-8-2-4-9(5-3-8)18(11,15)16/h2-5H,6H2,1H3,(H,12,14)(H2,11,15,16). The third-order valence-corrected chi connectivity index (χ3v) is 2.80. The minimum atomic E-state index is -3.75. The Bertz CT molecular complexity index is 550. The van der Waals surface area contributed by atoms with Gasteiger partial charge < -0.3 is 10.1 Å². The highest BCUT2D eigenvalue weighted by molar-refractivity contribution is 7.89. The maximum atomic E-state index is 11.3. The molecule has 1 amide bonds. The normalized spacial score (nSPS) is 10.8. The lowest BCUT2D eigenvalue weighted by atomic mass is 10.3. The molecule has 18 heavy (non-hydrogen) atoms. The molecule has 8 heteroatoms. The minimum Gasteiger partial charge on any atom is -0.456 e. The molecule has 0 aliphatic heterocycles. The molecule has 0 unspecified atom stereocenters. The highest BCUT2D eigenvalue weighted by Gasteiger charge is 2.08. The van der Waals surface area contributed by atoms with Crippen molar-refractivity contribution in [1.29, 1.82) is 0 Å². The SMILES string of the molecule is CC(=O)OCC(=O)Nc1ccc(S(N)(=O)=O)cc1. The monoisotopic (exact) mass is 272 g/mol. The first-order chi connectivity index (χ1) is 8.29. The number of hydrogen-bond acceptors (Lipinski definition) is 5. The molecule has 0 spiro atoms. The van der Waals surface area contributed by atoms with Gasteiger partial charge in [-0.25, -0.2) is 13.6 Å². The van der Waals surface area contributed by atoms with Crippen molar-refractivity contribution in [3.63, 3.8) is 0 Å². The summed E-state index contributed by atoms with van der Waals surface area (Å²) >= 11 is 0. The van der Waals surface area contributed by atoms with Crippen LogP contribution in [0.25, 0.3) is 0 Å². The van der Waals surface area contributed by atoms with Gasteiger partial charge in [-0.3, -0.25) is 9.59 Å². The Morgan fingerprint density at radius 2 is 1.83 bits per heavy atom. The summed E-state index contributed by atoms with van der Waals surface area (Å²) in [6.07, 6.45) is 0. The molecule has 0 fully saturated rings. The summed E-state index contributed by atoms with van der Waals surface area (Å²) < 4.78 is 26.4. The van der Waals surface area contributed by atoms with Gasteiger partial charge in [0, 0.05) is 12.6 Å². The van der Waals surface area contributed by atoms with Gasteiger partial charge in [-0.15, -0.1) is 0 Å². The van der Waals surface area contributed by atoms with Crippen LogP contribution in [0.5, 0.6) is 0 Å². The molecular weight excluding hydrogens is 260 g/mol. The lowest BCUT2D eigenvalue weighted by molar-refractivity contribution is -0.144. The first-order valence-electron chi connectivity index (χ1n) is 4.85. The minimum absolute atomic E-state index is 0.0551. The van der Waals surface area contributed by atoms with Crippen LogP contribution in [0.4, 0.5) is 5.69 Å². The number of anilines is 1. The van der Waals surface area contributed by atoms with E-state index in [4.69, 9.17) is 5.14 Å². The fourth-order valence-electron chi connectivity index (χ4n) is 1.09. The predicted molar refractivity (Wildman–Crippen MR) is 63.1 cm³/mol. The Labute approximate surface area is 104 Å². The van der Waals surface area contributed by atoms with Crippen molar-refractivity contribution in [3.8, 4) is 0 Å². The molecule has 3 N–H and O–H groups in total. The zero-order valence-electron chi connectivity index (χ0n) is 9.54. The molecule has 1 aromatic carbocycles. The lowest BCUT2D eigenvalue weighted by Gasteiger charge is -2.05. The molecule has 0 aliphatic carbocycles. The Morgan fingerprint density at radius 3 is 2.28 bits per heavy atom. The van der Waals surface area contributed by atoms with Gasteiger partial charge in [0.25, 0.3) is 5.91 Å². The van der Waals surface area contributed by atoms with Crippen LogP contribution in [-0.4, -0.2) is 26.9 Å². The molecule has 0 aliphatic rings. The van der Waals surface area contributed by atoms with E-state index in [1.165, 1.54) is 31.2 Å². The molecular formula is C10H12N2O5S. The van der Waals surface area contributed by atoms with E-state index in [1.54, 1.807) is 0 Å². The van der Waals surface area contributed by atoms with Gasteiger partial charge in [0.15, 0.2) is 6.61 Å². The average molecular weight is 272 g/mol. The number of primary sulfonamides is 1. The van der Waals surface area contributed by atoms with Crippen LogP contribution in [0.15, 0.2) is 29.2 Å². The number of nitrogens with two attached hydrogens (primary N) is 1. The molecule has 0 aromatic heterocycles. The highest BCUT2D eigenvalue weighted by Crippen LogP contribution is 2.12. The number of carbonyl (C=O) groups is 2. The summed E-state index contributed by atoms with van der Waals surface area (Å²) in [5, 5.41) is 7.34. The van der Waals surface area contributed by atoms with E-state index in [1.807, 2.05) is 0 Å². The predicted octanol–water partition coefficient (Wildman–Crippen LogP) is -0.164. The zero-order chi connectivity index (χ0) is 13.8. The molecule has 1 rings (SSSR count). The molecule has 0 radical (unpaired) electrons. The van der Waals surface area contributed by atoms with Crippen molar-refractivity contribution in [1.82, 2.24) is 0 Å². The topological polar surface area (TPSA) is 116 Å². The van der Waals surface area contributed by atoms with Crippen LogP contribution >= 0.6 is 0 Å². The molecule has 1 aromatic rings. The Balaban J connectivity index is 2.64. The largest absolute Gasteiger partial charge is 0.456 e. The summed E-state index contributed by atoms with van der Waals surface area (Å²) in [5.41, 5.74) is 0.375. The van der Waals surface area contributed by atoms with Crippen LogP contribution < -0.4 is 10.5 Å². The van der Waals surface area contributed by atoms with Crippen LogP contribution in [0.2, 0.25) is 0 Å². The zero-order valence-corrected chi connectivity index (χ0v) is 10.4. The quantitative estimate of drug-likeness (QED) is 0.738. The van der Waals surface area contributed by atoms with E-state index < -0.39 is 28.5 Å². The molecule has 0 saturated heterocycles. The first kappa shape index (κ1) is 14.1. The van der Waals surface area contributed by atoms with Crippen molar-refractivity contribution < 1.29 is 22.7 Å². The summed E-state index contributed by atoms with van der Waals surface area (Å²) in [6.45, 7) is 0.792. The van der Waals surface area contributed by atoms with Gasteiger partial charge in [0.1, 0.15) is 0 Å². The second kappa shape index (κ2) is 5.61. The van der Waals surface area contributed by atoms with Gasteiger partial charge in [-0.2, -0.15) is 0 Å². The van der Waals surface area contributed by atoms with Gasteiger partial charge in [-0.05, 0) is 24.3 Å². The third-order valence-electron chi connectivity index (χ3n) is 1.87. The maximum absolute atomic E-state index is 11.3. The highest BCUT2D eigenvalue weighted by atomic mass is 32.2. The molecule has 98 valence electrons. The molecule has 7 nitrogen and oxygen atoms in total. The first-order valence-corrected chi connectivity index (χ1v) is 6.40. The van der Waals surface area contributed by atoms with Gasteiger partial charge >= 0.3 is 5.97 Å². The van der Waals surface area contributed by atoms with Crippen LogP contribution in [0, 0.1) is 0 Å². The number of benzene rings is 1. The van der Waals surface area contributed by atoms with Gasteiger partial charge in [-0.1, -0.05) is 0 Å². The number of sulfonamides is 1. The van der Waals surface area contributed by atoms with E-state index in [9.17, 15) is 18.0 Å². The molecule has 0 heterocycles. The summed E-state index contributed by atoms with van der Waals surface area (Å²) in [5.74, 6) is -1.08. The number of ether oxygens (including phenoxy) is 1. The van der Waals surface area contributed by atoms with Gasteiger partial charge in [0.2, 0.25) is 10.0 Å². The average Bonchev–Trinajstić information content (AvgIpc) is 2.26. The summed E-state index contributed by atoms with van der Waals surface area (Å²) in [4.78, 5) is 21.7. The van der Waals surface area contributed by atoms with Crippen molar-refractivity contribution in [2.75, 3.05) is 11.9 Å². The smallest absolute Gasteiger partial charge is 0.303 e. The fraction of sp³-hybridized carbons (Fsp3) is 0.200. The van der Waals surface area contributed by atoms with E-state index in [0.29, 0.717) is 5.69 Å². The Kier molecular flexibility index (Phi) is 4.40. The van der Waals surface area contributed by atoms with Crippen LogP contribution in [-0.2, 0) is 24.3 Å². The van der Waals surface area contributed by atoms with E-state index in [0.717, 1.165) is 0 Å². The number of rotatable bonds is 4. The van der Waals surface area contributed by atoms with E-state index in [-0.39, 0.29) is 4.90 Å². The van der Waals surface area contributed by atoms with Crippen LogP contribution in [0.3, 0.4) is 0 Å². The number of amides is 1. The van der Waals surface area contributed by atoms with Crippen molar-refractivity contribution in [2.24, 2.45) is 5.14 Å². The van der Waals surface area contributed by atoms with E-state index >= 15 is 0 Å². The molecule has 0 atom stereocenters. The second-order valence-corrected chi connectivity index (χ2v) is 4.96. The van der Waals surface area contributed by atoms with Crippen molar-refractivity contribution in [2.45, 2.75) is 11.8 Å². The summed E-state index contributed by atoms with van der Waals surface area (Å²) in [7, 11) is -3.75. The number of esters is 1. The lowest BCUT2D eigenvalue weighted by Crippen LogP contribution is -2.20. The fourth-order valence-corrected chi connectivity index (χ4v) is 1.61. The second-order valence-electron chi connectivity index (χ2n) is 3.40. The molecule has 0 bridgehead atoms. The number of nitrogens with one attached hydrogen (secondary N) is 1. The maximum Gasteiger partial charge on any atom is 0.303 e. The Hall–Kier alpha value is -1.93. The third kappa shape index (κ3) is 4.52. The van der Waals surface area contributed by atoms with Crippen molar-refractivity contribution in [3.05, 3.63) is 24.3 Å². The Morgan fingerprint density at radius 1 is 1.28 bits per heavy atom. The number of carbonyl (C=O) groups excluding carboxylic acids is 2. The van der Waals surface area contributed by atoms with E-state index in [2.05, 4.69) is 10.1 Å². The van der Waals surface area contributed by atoms with Crippen molar-refractivity contribution >= 4 is 27.6 Å². The number of hydrogen-bond donors (Lipinski definition) is 2. The van der Waals surface area contributed by atoms with Gasteiger partial charge in [0.05, 0.1) is 4.90 Å². The summed E-state index contributed by atoms with van der Waals surface area (Å²) in [6, 6.07) is 5.28. The molecule has 0 saturated carbocycles.